The number of carbonyl (C=O) groups excluding carboxylic acids is 1. The average Bonchev–Trinajstić information content (AvgIpc) is 2.97. The first-order valence-electron chi connectivity index (χ1n) is 7.34. The van der Waals surface area contributed by atoms with Crippen molar-refractivity contribution in [3.63, 3.8) is 0 Å². The third kappa shape index (κ3) is 3.66. The Morgan fingerprint density at radius 3 is 2.67 bits per heavy atom. The van der Waals surface area contributed by atoms with Crippen LogP contribution >= 0.6 is 0 Å². The molecule has 0 spiro atoms. The first-order valence-corrected chi connectivity index (χ1v) is 8.85. The van der Waals surface area contributed by atoms with E-state index >= 15 is 0 Å². The van der Waals surface area contributed by atoms with Crippen molar-refractivity contribution in [2.24, 2.45) is 5.14 Å². The molecular formula is C16H17N3O4S. The Hall–Kier alpha value is -2.58. The van der Waals surface area contributed by atoms with E-state index in [1.165, 1.54) is 0 Å². The Bertz CT molecular complexity index is 853. The second-order valence-electron chi connectivity index (χ2n) is 5.40. The molecule has 2 aromatic rings. The van der Waals surface area contributed by atoms with Gasteiger partial charge in [0.25, 0.3) is 10.2 Å². The molecule has 0 bridgehead atoms. The number of fused-ring (bicyclic) bond motifs is 1. The molecule has 8 heteroatoms. The number of nitrogens with two attached hydrogens (primary N) is 1. The molecule has 1 aliphatic rings. The van der Waals surface area contributed by atoms with E-state index < -0.39 is 16.3 Å². The third-order valence-electron chi connectivity index (χ3n) is 3.70. The average molecular weight is 347 g/mol. The van der Waals surface area contributed by atoms with Gasteiger partial charge in [0.2, 0.25) is 0 Å². The van der Waals surface area contributed by atoms with E-state index in [9.17, 15) is 13.2 Å². The molecule has 0 saturated carbocycles. The summed E-state index contributed by atoms with van der Waals surface area (Å²) >= 11 is 0. The Morgan fingerprint density at radius 1 is 1.21 bits per heavy atom. The third-order valence-corrected chi connectivity index (χ3v) is 4.70. The molecule has 24 heavy (non-hydrogen) atoms. The van der Waals surface area contributed by atoms with E-state index in [1.807, 2.05) is 30.3 Å². The van der Waals surface area contributed by atoms with Crippen molar-refractivity contribution >= 4 is 27.7 Å². The fraction of sp³-hybridized carbons (Fsp3) is 0.188. The molecule has 3 rings (SSSR count). The van der Waals surface area contributed by atoms with Crippen LogP contribution in [0.5, 0.6) is 0 Å². The summed E-state index contributed by atoms with van der Waals surface area (Å²) in [4.78, 5) is 11.9. The summed E-state index contributed by atoms with van der Waals surface area (Å²) in [6, 6.07) is 14.4. The van der Waals surface area contributed by atoms with Gasteiger partial charge in [0, 0.05) is 12.2 Å². The number of anilines is 2. The lowest BCUT2D eigenvalue weighted by molar-refractivity contribution is 0.155. The first-order chi connectivity index (χ1) is 11.4. The molecule has 0 saturated heterocycles. The molecule has 0 aliphatic carbocycles. The SMILES string of the molecule is NS(=O)(=O)N1CCc2ccc(NC(=O)OCc3ccccc3)cc21. The predicted molar refractivity (Wildman–Crippen MR) is 90.8 cm³/mol. The van der Waals surface area contributed by atoms with Crippen LogP contribution in [0.3, 0.4) is 0 Å². The quantitative estimate of drug-likeness (QED) is 0.883. The van der Waals surface area contributed by atoms with Crippen molar-refractivity contribution < 1.29 is 17.9 Å². The van der Waals surface area contributed by atoms with Crippen molar-refractivity contribution in [1.29, 1.82) is 0 Å². The monoisotopic (exact) mass is 347 g/mol. The largest absolute Gasteiger partial charge is 0.444 e. The predicted octanol–water partition coefficient (Wildman–Crippen LogP) is 2.00. The fourth-order valence-electron chi connectivity index (χ4n) is 2.57. The van der Waals surface area contributed by atoms with Crippen LogP contribution < -0.4 is 14.8 Å². The summed E-state index contributed by atoms with van der Waals surface area (Å²) < 4.78 is 29.4. The van der Waals surface area contributed by atoms with Gasteiger partial charge in [-0.25, -0.2) is 9.93 Å². The molecule has 1 amide bonds. The van der Waals surface area contributed by atoms with E-state index in [0.717, 1.165) is 15.4 Å². The highest BCUT2D eigenvalue weighted by atomic mass is 32.2. The molecule has 2 aromatic carbocycles. The Labute approximate surface area is 140 Å². The number of benzene rings is 2. The number of ether oxygens (including phenoxy) is 1. The molecule has 1 heterocycles. The van der Waals surface area contributed by atoms with Gasteiger partial charge in [0.05, 0.1) is 5.69 Å². The number of hydrogen-bond donors (Lipinski definition) is 2. The van der Waals surface area contributed by atoms with Crippen LogP contribution in [0.1, 0.15) is 11.1 Å². The van der Waals surface area contributed by atoms with Gasteiger partial charge in [0.1, 0.15) is 6.61 Å². The molecule has 7 nitrogen and oxygen atoms in total. The van der Waals surface area contributed by atoms with Gasteiger partial charge in [-0.2, -0.15) is 8.42 Å². The standard InChI is InChI=1S/C16H17N3O4S/c17-24(21,22)19-9-8-13-6-7-14(10-15(13)19)18-16(20)23-11-12-4-2-1-3-5-12/h1-7,10H,8-9,11H2,(H,18,20)(H2,17,21,22). The second-order valence-corrected chi connectivity index (χ2v) is 6.87. The van der Waals surface area contributed by atoms with Gasteiger partial charge in [-0.15, -0.1) is 0 Å². The Balaban J connectivity index is 1.67. The van der Waals surface area contributed by atoms with Crippen LogP contribution in [-0.4, -0.2) is 21.1 Å². The molecule has 0 atom stereocenters. The zero-order valence-electron chi connectivity index (χ0n) is 12.8. The summed E-state index contributed by atoms with van der Waals surface area (Å²) in [5.41, 5.74) is 2.68. The van der Waals surface area contributed by atoms with E-state index in [-0.39, 0.29) is 6.61 Å². The van der Waals surface area contributed by atoms with E-state index in [0.29, 0.717) is 24.3 Å². The van der Waals surface area contributed by atoms with Crippen molar-refractivity contribution in [3.8, 4) is 0 Å². The molecule has 1 aliphatic heterocycles. The van der Waals surface area contributed by atoms with Crippen molar-refractivity contribution in [3.05, 3.63) is 59.7 Å². The number of nitrogens with one attached hydrogen (secondary N) is 1. The Kier molecular flexibility index (Phi) is 4.41. The van der Waals surface area contributed by atoms with Crippen LogP contribution in [0.25, 0.3) is 0 Å². The van der Waals surface area contributed by atoms with Crippen molar-refractivity contribution in [2.75, 3.05) is 16.2 Å². The van der Waals surface area contributed by atoms with Gasteiger partial charge in [-0.05, 0) is 29.7 Å². The molecular weight excluding hydrogens is 330 g/mol. The lowest BCUT2D eigenvalue weighted by Gasteiger charge is -2.16. The van der Waals surface area contributed by atoms with Crippen LogP contribution in [0, 0.1) is 0 Å². The highest BCUT2D eigenvalue weighted by Gasteiger charge is 2.27. The number of rotatable bonds is 4. The fourth-order valence-corrected chi connectivity index (χ4v) is 3.36. The van der Waals surface area contributed by atoms with E-state index in [4.69, 9.17) is 9.88 Å². The maximum Gasteiger partial charge on any atom is 0.411 e. The highest BCUT2D eigenvalue weighted by molar-refractivity contribution is 7.90. The van der Waals surface area contributed by atoms with Crippen molar-refractivity contribution in [2.45, 2.75) is 13.0 Å². The van der Waals surface area contributed by atoms with Gasteiger partial charge < -0.3 is 4.74 Å². The first kappa shape index (κ1) is 16.3. The summed E-state index contributed by atoms with van der Waals surface area (Å²) in [5.74, 6) is 0. The topological polar surface area (TPSA) is 102 Å². The van der Waals surface area contributed by atoms with Gasteiger partial charge in [0.15, 0.2) is 0 Å². The summed E-state index contributed by atoms with van der Waals surface area (Å²) in [5, 5.41) is 7.80. The summed E-state index contributed by atoms with van der Waals surface area (Å²) in [7, 11) is -3.82. The van der Waals surface area contributed by atoms with Crippen LogP contribution in [-0.2, 0) is 28.0 Å². The number of nitrogens with zero attached hydrogens (tertiary/aromatic N) is 1. The van der Waals surface area contributed by atoms with Crippen LogP contribution in [0.4, 0.5) is 16.2 Å². The highest BCUT2D eigenvalue weighted by Crippen LogP contribution is 2.32. The minimum absolute atomic E-state index is 0.154. The van der Waals surface area contributed by atoms with Gasteiger partial charge in [-0.1, -0.05) is 36.4 Å². The molecule has 0 fully saturated rings. The number of carbonyl (C=O) groups is 1. The lowest BCUT2D eigenvalue weighted by atomic mass is 10.1. The second kappa shape index (κ2) is 6.50. The maximum atomic E-state index is 11.9. The number of hydrogen-bond acceptors (Lipinski definition) is 4. The van der Waals surface area contributed by atoms with Crippen LogP contribution in [0.15, 0.2) is 48.5 Å². The number of amides is 1. The summed E-state index contributed by atoms with van der Waals surface area (Å²) in [6.07, 6.45) is -0.0243. The van der Waals surface area contributed by atoms with E-state index in [1.54, 1.807) is 18.2 Å². The molecule has 3 N–H and O–H groups in total. The Morgan fingerprint density at radius 2 is 1.96 bits per heavy atom. The normalized spacial score (nSPS) is 13.5. The molecule has 0 aromatic heterocycles. The summed E-state index contributed by atoms with van der Waals surface area (Å²) in [6.45, 7) is 0.455. The lowest BCUT2D eigenvalue weighted by Crippen LogP contribution is -2.35. The molecule has 0 unspecified atom stereocenters. The van der Waals surface area contributed by atoms with Gasteiger partial charge >= 0.3 is 6.09 Å². The molecule has 126 valence electrons. The van der Waals surface area contributed by atoms with E-state index in [2.05, 4.69) is 5.32 Å². The van der Waals surface area contributed by atoms with Gasteiger partial charge in [-0.3, -0.25) is 9.62 Å². The maximum absolute atomic E-state index is 11.9. The molecule has 0 radical (unpaired) electrons. The van der Waals surface area contributed by atoms with Crippen LogP contribution in [0.2, 0.25) is 0 Å². The zero-order chi connectivity index (χ0) is 17.2. The minimum Gasteiger partial charge on any atom is -0.444 e. The van der Waals surface area contributed by atoms with Crippen molar-refractivity contribution in [1.82, 2.24) is 0 Å². The zero-order valence-corrected chi connectivity index (χ0v) is 13.6. The smallest absolute Gasteiger partial charge is 0.411 e. The minimum atomic E-state index is -3.82.